The maximum atomic E-state index is 12.1. The van der Waals surface area contributed by atoms with Crippen LogP contribution in [0.3, 0.4) is 0 Å². The fourth-order valence-corrected chi connectivity index (χ4v) is 0.994. The molecule has 2 rings (SSSR count). The lowest BCUT2D eigenvalue weighted by Crippen LogP contribution is -2.12. The molecule has 0 fully saturated rings. The summed E-state index contributed by atoms with van der Waals surface area (Å²) in [5.74, 6) is -0.829. The van der Waals surface area contributed by atoms with Gasteiger partial charge in [-0.15, -0.1) is 0 Å². The van der Waals surface area contributed by atoms with Crippen molar-refractivity contribution >= 4 is 11.8 Å². The number of aryl methyl sites for hydroxylation is 1. The highest BCUT2D eigenvalue weighted by Gasteiger charge is 1.95. The molecular weight excluding hydrogens is 259 g/mol. The van der Waals surface area contributed by atoms with Crippen LogP contribution in [0.5, 0.6) is 0 Å². The molecule has 0 aromatic carbocycles. The molecule has 0 aliphatic heterocycles. The molecule has 8 N–H and O–H groups in total. The lowest BCUT2D eigenvalue weighted by molar-refractivity contribution is 0.617. The molecule has 0 saturated carbocycles. The van der Waals surface area contributed by atoms with Crippen LogP contribution in [0, 0.1) is 12.7 Å². The number of hydrogen-bond donors (Lipinski definition) is 4. The third kappa shape index (κ3) is 5.41. The monoisotopic (exact) mass is 272 g/mol. The molecule has 2 aromatic rings. The Balaban J connectivity index is 0.000000324. The molecule has 0 atom stereocenters. The van der Waals surface area contributed by atoms with Gasteiger partial charge in [-0.3, -0.25) is 14.8 Å². The highest BCUT2D eigenvalue weighted by Crippen LogP contribution is 1.96. The average Bonchev–Trinajstić information content (AvgIpc) is 2.23. The molecule has 0 aliphatic carbocycles. The Labute approximate surface area is 105 Å². The number of aromatic nitrogens is 4. The van der Waals surface area contributed by atoms with Crippen LogP contribution in [0.25, 0.3) is 0 Å². The first-order chi connectivity index (χ1) is 8.38. The average molecular weight is 272 g/mol. The first-order valence-corrected chi connectivity index (χ1v) is 4.72. The quantitative estimate of drug-likeness (QED) is 0.445. The van der Waals surface area contributed by atoms with Gasteiger partial charge in [0.2, 0.25) is 5.95 Å². The van der Waals surface area contributed by atoms with Crippen LogP contribution >= 0.6 is 0 Å². The summed E-state index contributed by atoms with van der Waals surface area (Å²) in [6.07, 6.45) is 0.772. The fourth-order valence-electron chi connectivity index (χ4n) is 0.994. The van der Waals surface area contributed by atoms with E-state index in [2.05, 4.69) is 15.0 Å². The summed E-state index contributed by atoms with van der Waals surface area (Å²) in [7, 11) is 0. The van der Waals surface area contributed by atoms with Crippen molar-refractivity contribution in [2.24, 2.45) is 0 Å². The van der Waals surface area contributed by atoms with Gasteiger partial charge < -0.3 is 16.9 Å². The summed E-state index contributed by atoms with van der Waals surface area (Å²) in [4.78, 5) is 31.9. The van der Waals surface area contributed by atoms with E-state index in [1.807, 2.05) is 4.98 Å². The molecule has 0 amide bonds. The maximum absolute atomic E-state index is 12.1. The van der Waals surface area contributed by atoms with Gasteiger partial charge in [0.25, 0.3) is 5.56 Å². The molecule has 19 heavy (non-hydrogen) atoms. The first kappa shape index (κ1) is 16.2. The number of nitrogens with zero attached hydrogens (tertiary/aromatic N) is 2. The zero-order valence-corrected chi connectivity index (χ0v) is 9.90. The van der Waals surface area contributed by atoms with Gasteiger partial charge in [0.15, 0.2) is 5.82 Å². The lowest BCUT2D eigenvalue weighted by atomic mass is 10.5. The van der Waals surface area contributed by atoms with Crippen LogP contribution in [-0.4, -0.2) is 25.4 Å². The van der Waals surface area contributed by atoms with Gasteiger partial charge in [0.05, 0.1) is 6.20 Å². The summed E-state index contributed by atoms with van der Waals surface area (Å²) >= 11 is 0. The number of H-pyrrole nitrogens is 2. The van der Waals surface area contributed by atoms with Gasteiger partial charge >= 0.3 is 5.69 Å². The molecule has 0 aliphatic rings. The zero-order chi connectivity index (χ0) is 13.7. The summed E-state index contributed by atoms with van der Waals surface area (Å²) in [5.41, 5.74) is 9.93. The third-order valence-electron chi connectivity index (χ3n) is 1.68. The van der Waals surface area contributed by atoms with Gasteiger partial charge in [-0.25, -0.2) is 14.2 Å². The van der Waals surface area contributed by atoms with Crippen molar-refractivity contribution in [1.29, 1.82) is 0 Å². The second-order valence-corrected chi connectivity index (χ2v) is 3.22. The van der Waals surface area contributed by atoms with Crippen LogP contribution in [0.1, 0.15) is 5.69 Å². The van der Waals surface area contributed by atoms with Crippen LogP contribution in [0.2, 0.25) is 0 Å². The summed E-state index contributed by atoms with van der Waals surface area (Å²) in [6, 6.07) is 1.39. The highest BCUT2D eigenvalue weighted by molar-refractivity contribution is 5.25. The summed E-state index contributed by atoms with van der Waals surface area (Å²) in [5, 5.41) is 0. The van der Waals surface area contributed by atoms with E-state index in [0.29, 0.717) is 5.69 Å². The smallest absolute Gasteiger partial charge is 0.346 e. The van der Waals surface area contributed by atoms with Crippen molar-refractivity contribution in [1.82, 2.24) is 19.9 Å². The number of nitrogen functional groups attached to an aromatic ring is 2. The molecule has 104 valence electrons. The van der Waals surface area contributed by atoms with E-state index < -0.39 is 11.5 Å². The Morgan fingerprint density at radius 3 is 2.32 bits per heavy atom. The molecule has 0 radical (unpaired) electrons. The van der Waals surface area contributed by atoms with Gasteiger partial charge in [0, 0.05) is 11.8 Å². The predicted octanol–water partition coefficient (Wildman–Crippen LogP) is -1.67. The number of halogens is 1. The van der Waals surface area contributed by atoms with Crippen LogP contribution < -0.4 is 22.7 Å². The predicted molar refractivity (Wildman–Crippen MR) is 66.8 cm³/mol. The van der Waals surface area contributed by atoms with E-state index in [1.165, 1.54) is 6.07 Å². The number of rotatable bonds is 0. The maximum Gasteiger partial charge on any atom is 0.346 e. The van der Waals surface area contributed by atoms with E-state index in [-0.39, 0.29) is 22.8 Å². The zero-order valence-electron chi connectivity index (χ0n) is 9.90. The van der Waals surface area contributed by atoms with Crippen molar-refractivity contribution in [2.75, 3.05) is 11.5 Å². The molecule has 0 bridgehead atoms. The highest BCUT2D eigenvalue weighted by atomic mass is 19.1. The van der Waals surface area contributed by atoms with E-state index in [4.69, 9.17) is 11.5 Å². The normalized spacial score (nSPS) is 8.95. The second kappa shape index (κ2) is 6.86. The minimum atomic E-state index is -0.713. The number of nitrogens with two attached hydrogens (primary N) is 2. The molecule has 0 saturated heterocycles. The van der Waals surface area contributed by atoms with E-state index in [0.717, 1.165) is 6.20 Å². The Morgan fingerprint density at radius 1 is 1.26 bits per heavy atom. The minimum Gasteiger partial charge on any atom is -0.412 e. The molecule has 10 heteroatoms. The van der Waals surface area contributed by atoms with Crippen molar-refractivity contribution in [3.8, 4) is 0 Å². The van der Waals surface area contributed by atoms with E-state index in [9.17, 15) is 14.0 Å². The number of aromatic amines is 2. The molecule has 0 spiro atoms. The van der Waals surface area contributed by atoms with E-state index in [1.54, 1.807) is 6.92 Å². The minimum absolute atomic E-state index is 0. The Hall–Kier alpha value is -2.75. The number of anilines is 2. The van der Waals surface area contributed by atoms with Crippen LogP contribution in [0.15, 0.2) is 21.9 Å². The molecule has 2 heterocycles. The van der Waals surface area contributed by atoms with E-state index >= 15 is 0 Å². The van der Waals surface area contributed by atoms with Gasteiger partial charge in [-0.2, -0.15) is 4.98 Å². The van der Waals surface area contributed by atoms with Crippen molar-refractivity contribution < 1.29 is 9.87 Å². The number of hydrogen-bond acceptors (Lipinski definition) is 6. The van der Waals surface area contributed by atoms with Crippen molar-refractivity contribution in [2.45, 2.75) is 6.92 Å². The molecule has 2 aromatic heterocycles. The van der Waals surface area contributed by atoms with Gasteiger partial charge in [-0.1, -0.05) is 0 Å². The van der Waals surface area contributed by atoms with Crippen LogP contribution in [-0.2, 0) is 0 Å². The first-order valence-electron chi connectivity index (χ1n) is 4.72. The topological polar surface area (TPSA) is 175 Å². The van der Waals surface area contributed by atoms with Crippen molar-refractivity contribution in [3.63, 3.8) is 0 Å². The molecular formula is C9H13FN6O3. The lowest BCUT2D eigenvalue weighted by Gasteiger charge is -1.90. The van der Waals surface area contributed by atoms with Gasteiger partial charge in [0.1, 0.15) is 5.82 Å². The fraction of sp³-hybridized carbons (Fsp3) is 0.111. The molecule has 0 unspecified atom stereocenters. The van der Waals surface area contributed by atoms with Gasteiger partial charge in [-0.05, 0) is 6.92 Å². The Kier molecular flexibility index (Phi) is 5.87. The van der Waals surface area contributed by atoms with Crippen LogP contribution in [0.4, 0.5) is 16.2 Å². The number of nitrogens with one attached hydrogen (secondary N) is 2. The Bertz CT molecular complexity index is 630. The summed E-state index contributed by atoms with van der Waals surface area (Å²) in [6.45, 7) is 1.71. The second-order valence-electron chi connectivity index (χ2n) is 3.22. The SMILES string of the molecule is Cc1cc(=O)[nH]c(N)n1.Nc1[nH]c(=O)ncc1F.O. The third-order valence-corrected chi connectivity index (χ3v) is 1.68. The molecule has 9 nitrogen and oxygen atoms in total. The van der Waals surface area contributed by atoms with Crippen molar-refractivity contribution in [3.05, 3.63) is 44.6 Å². The largest absolute Gasteiger partial charge is 0.412 e. The summed E-state index contributed by atoms with van der Waals surface area (Å²) < 4.78 is 12.1. The standard InChI is InChI=1S/C5H7N3O.C4H4FN3O.H2O/c1-3-2-4(9)8-5(6)7-3;5-2-1-7-4(9)8-3(2)6;/h2H,1H3,(H3,6,7,8,9);1H,(H3,6,7,8,9);1H2. The Morgan fingerprint density at radius 2 is 1.89 bits per heavy atom.